The highest BCUT2D eigenvalue weighted by atomic mass is 32.2. The number of benzene rings is 1. The third kappa shape index (κ3) is 5.45. The van der Waals surface area contributed by atoms with Crippen LogP contribution in [0.2, 0.25) is 0 Å². The zero-order valence-electron chi connectivity index (χ0n) is 17.1. The first-order valence-electron chi connectivity index (χ1n) is 9.79. The number of carbonyl (C=O) groups excluding carboxylic acids is 2. The van der Waals surface area contributed by atoms with Gasteiger partial charge in [-0.3, -0.25) is 14.5 Å². The van der Waals surface area contributed by atoms with E-state index in [1.807, 2.05) is 39.8 Å². The summed E-state index contributed by atoms with van der Waals surface area (Å²) in [5.41, 5.74) is 3.59. The number of ether oxygens (including phenoxy) is 1. The van der Waals surface area contributed by atoms with Gasteiger partial charge >= 0.3 is 0 Å². The Hall–Kier alpha value is -1.59. The number of unbranched alkanes of at least 4 members (excludes halogenated alkanes) is 1. The molecule has 1 heterocycles. The number of aryl methyl sites for hydroxylation is 2. The molecule has 0 aromatic heterocycles. The maximum Gasteiger partial charge on any atom is 0.267 e. The normalized spacial score (nSPS) is 14.8. The molecule has 2 rings (SSSR count). The largest absolute Gasteiger partial charge is 0.381 e. The second-order valence-corrected chi connectivity index (χ2v) is 8.86. The zero-order valence-corrected chi connectivity index (χ0v) is 17.9. The fourth-order valence-electron chi connectivity index (χ4n) is 3.11. The van der Waals surface area contributed by atoms with Gasteiger partial charge in [-0.05, 0) is 37.8 Å². The third-order valence-electron chi connectivity index (χ3n) is 4.44. The Kier molecular flexibility index (Phi) is 8.11. The Labute approximate surface area is 167 Å². The van der Waals surface area contributed by atoms with Crippen LogP contribution in [-0.2, 0) is 14.3 Å². The average molecular weight is 390 g/mol. The summed E-state index contributed by atoms with van der Waals surface area (Å²) in [5, 5.41) is 0.231. The molecule has 1 aromatic carbocycles. The van der Waals surface area contributed by atoms with E-state index >= 15 is 0 Å². The Bertz CT molecular complexity index is 724. The number of amides is 2. The lowest BCUT2D eigenvalue weighted by Crippen LogP contribution is -2.33. The molecule has 0 fully saturated rings. The quantitative estimate of drug-likeness (QED) is 0.429. The fourth-order valence-corrected chi connectivity index (χ4v) is 4.10. The number of hydrogen-bond donors (Lipinski definition) is 0. The highest BCUT2D eigenvalue weighted by Gasteiger charge is 2.39. The van der Waals surface area contributed by atoms with Crippen LogP contribution in [0.3, 0.4) is 0 Å². The van der Waals surface area contributed by atoms with Crippen molar-refractivity contribution in [1.29, 1.82) is 0 Å². The molecule has 0 spiro atoms. The van der Waals surface area contributed by atoms with E-state index in [-0.39, 0.29) is 17.1 Å². The molecule has 0 unspecified atom stereocenters. The predicted molar refractivity (Wildman–Crippen MR) is 113 cm³/mol. The second kappa shape index (κ2) is 10.1. The first kappa shape index (κ1) is 21.7. The van der Waals surface area contributed by atoms with Crippen LogP contribution in [-0.4, -0.2) is 41.7 Å². The summed E-state index contributed by atoms with van der Waals surface area (Å²) in [7, 11) is 0. The van der Waals surface area contributed by atoms with E-state index in [2.05, 4.69) is 13.0 Å². The molecular formula is C22H31NO3S. The lowest BCUT2D eigenvalue weighted by Gasteiger charge is -2.15. The highest BCUT2D eigenvalue weighted by molar-refractivity contribution is 8.04. The zero-order chi connectivity index (χ0) is 20.0. The van der Waals surface area contributed by atoms with Crippen LogP contribution in [0.1, 0.15) is 56.7 Å². The van der Waals surface area contributed by atoms with Gasteiger partial charge in [0, 0.05) is 25.0 Å². The van der Waals surface area contributed by atoms with Crippen molar-refractivity contribution in [3.8, 4) is 0 Å². The summed E-state index contributed by atoms with van der Waals surface area (Å²) in [5.74, 6) is -0.342. The minimum Gasteiger partial charge on any atom is -0.381 e. The van der Waals surface area contributed by atoms with E-state index < -0.39 is 0 Å². The van der Waals surface area contributed by atoms with Crippen LogP contribution in [0, 0.1) is 13.8 Å². The van der Waals surface area contributed by atoms with E-state index in [0.29, 0.717) is 30.1 Å². The topological polar surface area (TPSA) is 46.6 Å². The standard InChI is InChI=1S/C22H31NO3S/c1-6-7-12-26-13-8-11-23-21(24)19(20(22(23)25)27-15(2)3)18-10-9-16(4)14-17(18)5/h9-10,14-15H,6-8,11-13H2,1-5H3. The Morgan fingerprint density at radius 1 is 1.07 bits per heavy atom. The highest BCUT2D eigenvalue weighted by Crippen LogP contribution is 2.39. The van der Waals surface area contributed by atoms with E-state index in [1.54, 1.807) is 0 Å². The second-order valence-electron chi connectivity index (χ2n) is 7.27. The van der Waals surface area contributed by atoms with E-state index in [1.165, 1.54) is 16.7 Å². The molecule has 2 amide bonds. The summed E-state index contributed by atoms with van der Waals surface area (Å²) in [6, 6.07) is 6.01. The Morgan fingerprint density at radius 3 is 2.41 bits per heavy atom. The summed E-state index contributed by atoms with van der Waals surface area (Å²) in [6.07, 6.45) is 2.80. The van der Waals surface area contributed by atoms with Crippen molar-refractivity contribution < 1.29 is 14.3 Å². The van der Waals surface area contributed by atoms with Gasteiger partial charge in [-0.25, -0.2) is 0 Å². The molecule has 0 radical (unpaired) electrons. The maximum absolute atomic E-state index is 13.1. The molecule has 0 atom stereocenters. The Morgan fingerprint density at radius 2 is 1.78 bits per heavy atom. The molecule has 27 heavy (non-hydrogen) atoms. The number of imide groups is 1. The number of rotatable bonds is 10. The lowest BCUT2D eigenvalue weighted by molar-refractivity contribution is -0.136. The molecule has 1 aliphatic rings. The van der Waals surface area contributed by atoms with E-state index in [0.717, 1.165) is 36.1 Å². The predicted octanol–water partition coefficient (Wildman–Crippen LogP) is 4.73. The van der Waals surface area contributed by atoms with Gasteiger partial charge in [-0.15, -0.1) is 11.8 Å². The fraction of sp³-hybridized carbons (Fsp3) is 0.545. The van der Waals surface area contributed by atoms with Gasteiger partial charge in [0.25, 0.3) is 11.8 Å². The molecule has 4 nitrogen and oxygen atoms in total. The third-order valence-corrected chi connectivity index (χ3v) is 5.53. The van der Waals surface area contributed by atoms with Gasteiger partial charge in [-0.2, -0.15) is 0 Å². The number of hydrogen-bond acceptors (Lipinski definition) is 4. The summed E-state index contributed by atoms with van der Waals surface area (Å²) in [6.45, 7) is 11.9. The van der Waals surface area contributed by atoms with Crippen molar-refractivity contribution >= 4 is 29.1 Å². The van der Waals surface area contributed by atoms with Crippen molar-refractivity contribution in [1.82, 2.24) is 4.90 Å². The van der Waals surface area contributed by atoms with Crippen molar-refractivity contribution in [3.63, 3.8) is 0 Å². The number of nitrogens with zero attached hydrogens (tertiary/aromatic N) is 1. The average Bonchev–Trinajstić information content (AvgIpc) is 2.82. The molecular weight excluding hydrogens is 358 g/mol. The van der Waals surface area contributed by atoms with Crippen LogP contribution in [0.15, 0.2) is 23.1 Å². The molecule has 5 heteroatoms. The van der Waals surface area contributed by atoms with Crippen molar-refractivity contribution in [2.24, 2.45) is 0 Å². The molecule has 0 N–H and O–H groups in total. The van der Waals surface area contributed by atoms with Gasteiger partial charge < -0.3 is 4.74 Å². The van der Waals surface area contributed by atoms with Crippen LogP contribution in [0.4, 0.5) is 0 Å². The first-order valence-corrected chi connectivity index (χ1v) is 10.7. The number of carbonyl (C=O) groups is 2. The monoisotopic (exact) mass is 389 g/mol. The minimum atomic E-state index is -0.177. The Balaban J connectivity index is 2.20. The van der Waals surface area contributed by atoms with Crippen LogP contribution >= 0.6 is 11.8 Å². The minimum absolute atomic E-state index is 0.165. The molecule has 148 valence electrons. The SMILES string of the molecule is CCCCOCCCN1C(=O)C(SC(C)C)=C(c2ccc(C)cc2C)C1=O. The molecule has 1 aromatic rings. The molecule has 0 bridgehead atoms. The van der Waals surface area contributed by atoms with Crippen molar-refractivity contribution in [2.45, 2.75) is 59.1 Å². The van der Waals surface area contributed by atoms with Gasteiger partial charge in [-0.1, -0.05) is 51.0 Å². The molecule has 0 aliphatic carbocycles. The maximum atomic E-state index is 13.1. The summed E-state index contributed by atoms with van der Waals surface area (Å²) < 4.78 is 5.57. The summed E-state index contributed by atoms with van der Waals surface area (Å²) in [4.78, 5) is 28.0. The smallest absolute Gasteiger partial charge is 0.267 e. The summed E-state index contributed by atoms with van der Waals surface area (Å²) >= 11 is 1.48. The molecule has 0 saturated heterocycles. The van der Waals surface area contributed by atoms with E-state index in [9.17, 15) is 9.59 Å². The van der Waals surface area contributed by atoms with Crippen LogP contribution in [0.25, 0.3) is 5.57 Å². The molecule has 1 aliphatic heterocycles. The van der Waals surface area contributed by atoms with Crippen LogP contribution < -0.4 is 0 Å². The van der Waals surface area contributed by atoms with Gasteiger partial charge in [0.1, 0.15) is 0 Å². The lowest BCUT2D eigenvalue weighted by atomic mass is 9.99. The van der Waals surface area contributed by atoms with Gasteiger partial charge in [0.2, 0.25) is 0 Å². The van der Waals surface area contributed by atoms with E-state index in [4.69, 9.17) is 4.74 Å². The van der Waals surface area contributed by atoms with Gasteiger partial charge in [0.05, 0.1) is 10.5 Å². The number of thioether (sulfide) groups is 1. The molecule has 0 saturated carbocycles. The van der Waals surface area contributed by atoms with Crippen molar-refractivity contribution in [2.75, 3.05) is 19.8 Å². The van der Waals surface area contributed by atoms with Crippen LogP contribution in [0.5, 0.6) is 0 Å². The van der Waals surface area contributed by atoms with Gasteiger partial charge in [0.15, 0.2) is 0 Å². The first-order chi connectivity index (χ1) is 12.9. The van der Waals surface area contributed by atoms with Crippen molar-refractivity contribution in [3.05, 3.63) is 39.8 Å².